The molecule has 0 unspecified atom stereocenters. The summed E-state index contributed by atoms with van der Waals surface area (Å²) in [4.78, 5) is 17.7. The first-order chi connectivity index (χ1) is 14.3. The highest BCUT2D eigenvalue weighted by molar-refractivity contribution is 6.03. The van der Waals surface area contributed by atoms with Gasteiger partial charge in [-0.2, -0.15) is 0 Å². The average molecular weight is 389 g/mol. The summed E-state index contributed by atoms with van der Waals surface area (Å²) in [5.41, 5.74) is 2.35. The monoisotopic (exact) mass is 389 g/mol. The molecule has 0 bridgehead atoms. The molecule has 1 N–H and O–H groups in total. The lowest BCUT2D eigenvalue weighted by atomic mass is 10.1. The molecule has 0 saturated heterocycles. The Bertz CT molecular complexity index is 1130. The van der Waals surface area contributed by atoms with Crippen molar-refractivity contribution < 1.29 is 13.6 Å². The zero-order chi connectivity index (χ0) is 19.6. The summed E-state index contributed by atoms with van der Waals surface area (Å²) in [6.07, 6.45) is 5.56. The molecule has 0 radical (unpaired) electrons. The van der Waals surface area contributed by atoms with E-state index < -0.39 is 0 Å². The smallest absolute Gasteiger partial charge is 0.322 e. The molecule has 8 heteroatoms. The molecule has 5 rings (SSSR count). The minimum Gasteiger partial charge on any atom is -0.459 e. The van der Waals surface area contributed by atoms with Gasteiger partial charge in [-0.1, -0.05) is 41.9 Å². The van der Waals surface area contributed by atoms with Gasteiger partial charge in [0.05, 0.1) is 12.0 Å². The number of furan rings is 1. The van der Waals surface area contributed by atoms with Crippen LogP contribution in [0.15, 0.2) is 57.6 Å². The first-order valence-corrected chi connectivity index (χ1v) is 9.63. The minimum absolute atomic E-state index is 0.0121. The molecule has 8 nitrogen and oxygen atoms in total. The second-order valence-corrected chi connectivity index (χ2v) is 6.90. The second kappa shape index (κ2) is 7.38. The van der Waals surface area contributed by atoms with Crippen LogP contribution < -0.4 is 5.32 Å². The van der Waals surface area contributed by atoms with E-state index in [9.17, 15) is 4.79 Å². The summed E-state index contributed by atoms with van der Waals surface area (Å²) in [5.74, 6) is 1.11. The molecule has 0 atom stereocenters. The molecule has 1 aliphatic rings. The van der Waals surface area contributed by atoms with Crippen LogP contribution in [0.25, 0.3) is 23.0 Å². The highest BCUT2D eigenvalue weighted by Gasteiger charge is 2.25. The Kier molecular flexibility index (Phi) is 4.44. The van der Waals surface area contributed by atoms with Crippen LogP contribution in [0.3, 0.4) is 0 Å². The predicted octanol–water partition coefficient (Wildman–Crippen LogP) is 4.17. The van der Waals surface area contributed by atoms with Crippen LogP contribution >= 0.6 is 0 Å². The quantitative estimate of drug-likeness (QED) is 0.562. The maximum Gasteiger partial charge on any atom is 0.322 e. The minimum atomic E-state index is -0.354. The average Bonchev–Trinajstić information content (AvgIpc) is 3.46. The van der Waals surface area contributed by atoms with E-state index in [2.05, 4.69) is 20.1 Å². The number of carbonyl (C=O) groups is 1. The number of benzene rings is 1. The Labute approximate surface area is 166 Å². The van der Waals surface area contributed by atoms with E-state index in [4.69, 9.17) is 13.8 Å². The molecule has 146 valence electrons. The molecule has 0 aliphatic carbocycles. The molecule has 4 heterocycles. The summed E-state index contributed by atoms with van der Waals surface area (Å²) in [5, 5.41) is 10.5. The molecule has 29 heavy (non-hydrogen) atoms. The van der Waals surface area contributed by atoms with Crippen LogP contribution in [0.4, 0.5) is 6.01 Å². The summed E-state index contributed by atoms with van der Waals surface area (Å²) in [7, 11) is 0. The van der Waals surface area contributed by atoms with Crippen LogP contribution in [-0.2, 0) is 13.0 Å². The van der Waals surface area contributed by atoms with E-state index in [-0.39, 0.29) is 17.8 Å². The van der Waals surface area contributed by atoms with Gasteiger partial charge in [-0.15, -0.1) is 5.10 Å². The van der Waals surface area contributed by atoms with Gasteiger partial charge in [-0.05, 0) is 31.4 Å². The Hall–Kier alpha value is -3.68. The van der Waals surface area contributed by atoms with E-state index in [0.717, 1.165) is 49.3 Å². The number of hydrogen-bond donors (Lipinski definition) is 1. The van der Waals surface area contributed by atoms with Gasteiger partial charge in [0, 0.05) is 12.1 Å². The molecule has 3 aromatic heterocycles. The van der Waals surface area contributed by atoms with Gasteiger partial charge in [0.2, 0.25) is 0 Å². The number of rotatable bonds is 4. The molecular formula is C21H19N5O3. The third kappa shape index (κ3) is 3.33. The number of amides is 1. The van der Waals surface area contributed by atoms with Gasteiger partial charge in [-0.3, -0.25) is 10.1 Å². The topological polar surface area (TPSA) is 99.0 Å². The van der Waals surface area contributed by atoms with E-state index in [1.165, 1.54) is 6.26 Å². The lowest BCUT2D eigenvalue weighted by Gasteiger charge is -2.08. The molecule has 1 amide bonds. The highest BCUT2D eigenvalue weighted by atomic mass is 16.4. The second-order valence-electron chi connectivity index (χ2n) is 6.90. The van der Waals surface area contributed by atoms with Gasteiger partial charge in [0.1, 0.15) is 5.82 Å². The number of hydrogen-bond acceptors (Lipinski definition) is 6. The Balaban J connectivity index is 1.47. The Morgan fingerprint density at radius 1 is 1.03 bits per heavy atom. The fraction of sp³-hybridized carbons (Fsp3) is 0.238. The third-order valence-corrected chi connectivity index (χ3v) is 4.99. The van der Waals surface area contributed by atoms with Gasteiger partial charge in [0.25, 0.3) is 11.8 Å². The lowest BCUT2D eigenvalue weighted by Crippen LogP contribution is -2.15. The lowest BCUT2D eigenvalue weighted by molar-refractivity contribution is 0.101. The Morgan fingerprint density at radius 3 is 2.76 bits per heavy atom. The Morgan fingerprint density at radius 2 is 1.93 bits per heavy atom. The number of nitrogens with one attached hydrogen (secondary N) is 1. The molecule has 0 saturated carbocycles. The van der Waals surface area contributed by atoms with E-state index >= 15 is 0 Å². The summed E-state index contributed by atoms with van der Waals surface area (Å²) >= 11 is 0. The van der Waals surface area contributed by atoms with Crippen LogP contribution in [0, 0.1) is 0 Å². The fourth-order valence-electron chi connectivity index (χ4n) is 3.64. The standard InChI is InChI=1S/C21H19N5O3/c27-19(23-21-25-24-20(29-21)16-11-7-13-28-16)17-15-10-5-2-6-12-26(15)18(22-17)14-8-3-1-4-9-14/h1,3-4,7-9,11,13H,2,5-6,10,12H2,(H,23,25,27). The van der Waals surface area contributed by atoms with Crippen LogP contribution in [0.5, 0.6) is 0 Å². The van der Waals surface area contributed by atoms with E-state index in [1.807, 2.05) is 30.3 Å². The molecule has 4 aromatic rings. The number of fused-ring (bicyclic) bond motifs is 1. The van der Waals surface area contributed by atoms with Crippen molar-refractivity contribution in [3.63, 3.8) is 0 Å². The molecular weight excluding hydrogens is 370 g/mol. The maximum atomic E-state index is 13.0. The predicted molar refractivity (Wildman–Crippen MR) is 105 cm³/mol. The summed E-state index contributed by atoms with van der Waals surface area (Å²) < 4.78 is 12.9. The maximum absolute atomic E-state index is 13.0. The van der Waals surface area contributed by atoms with Crippen molar-refractivity contribution in [2.75, 3.05) is 5.32 Å². The van der Waals surface area contributed by atoms with Gasteiger partial charge in [0.15, 0.2) is 11.5 Å². The SMILES string of the molecule is O=C(Nc1nnc(-c2ccco2)o1)c1nc(-c2ccccc2)n2c1CCCCC2. The summed E-state index contributed by atoms with van der Waals surface area (Å²) in [6.45, 7) is 0.850. The van der Waals surface area contributed by atoms with Crippen molar-refractivity contribution in [3.8, 4) is 23.0 Å². The third-order valence-electron chi connectivity index (χ3n) is 4.99. The van der Waals surface area contributed by atoms with Gasteiger partial charge in [-0.25, -0.2) is 4.98 Å². The number of imidazole rings is 1. The zero-order valence-electron chi connectivity index (χ0n) is 15.7. The van der Waals surface area contributed by atoms with Gasteiger partial charge < -0.3 is 13.4 Å². The highest BCUT2D eigenvalue weighted by Crippen LogP contribution is 2.28. The van der Waals surface area contributed by atoms with Crippen molar-refractivity contribution in [3.05, 3.63) is 60.1 Å². The molecule has 0 fully saturated rings. The zero-order valence-corrected chi connectivity index (χ0v) is 15.7. The number of carbonyl (C=O) groups excluding carboxylic acids is 1. The van der Waals surface area contributed by atoms with Crippen molar-refractivity contribution >= 4 is 11.9 Å². The van der Waals surface area contributed by atoms with Crippen molar-refractivity contribution in [1.29, 1.82) is 0 Å². The number of anilines is 1. The number of nitrogens with zero attached hydrogens (tertiary/aromatic N) is 4. The van der Waals surface area contributed by atoms with Crippen molar-refractivity contribution in [2.24, 2.45) is 0 Å². The van der Waals surface area contributed by atoms with Crippen LogP contribution in [0.1, 0.15) is 35.4 Å². The van der Waals surface area contributed by atoms with Crippen LogP contribution in [-0.4, -0.2) is 25.7 Å². The summed E-state index contributed by atoms with van der Waals surface area (Å²) in [6, 6.07) is 13.4. The van der Waals surface area contributed by atoms with Crippen LogP contribution in [0.2, 0.25) is 0 Å². The molecule has 1 aromatic carbocycles. The van der Waals surface area contributed by atoms with Crippen molar-refractivity contribution in [2.45, 2.75) is 32.2 Å². The first-order valence-electron chi connectivity index (χ1n) is 9.63. The van der Waals surface area contributed by atoms with Crippen molar-refractivity contribution in [1.82, 2.24) is 19.7 Å². The normalized spacial score (nSPS) is 13.7. The molecule has 1 aliphatic heterocycles. The van der Waals surface area contributed by atoms with E-state index in [1.54, 1.807) is 12.1 Å². The first kappa shape index (κ1) is 17.4. The van der Waals surface area contributed by atoms with Gasteiger partial charge >= 0.3 is 6.01 Å². The number of aromatic nitrogens is 4. The molecule has 0 spiro atoms. The van der Waals surface area contributed by atoms with E-state index in [0.29, 0.717) is 11.5 Å². The fourth-order valence-corrected chi connectivity index (χ4v) is 3.64. The largest absolute Gasteiger partial charge is 0.459 e.